The number of rotatable bonds is 6. The summed E-state index contributed by atoms with van der Waals surface area (Å²) in [4.78, 5) is 43.9. The number of thiazole rings is 1. The number of benzene rings is 2. The van der Waals surface area contributed by atoms with Gasteiger partial charge in [0.2, 0.25) is 0 Å². The maximum Gasteiger partial charge on any atom is 0.289 e. The van der Waals surface area contributed by atoms with Crippen LogP contribution in [0.5, 0.6) is 5.75 Å². The van der Waals surface area contributed by atoms with Crippen molar-refractivity contribution in [1.82, 2.24) is 20.7 Å². The third-order valence-electron chi connectivity index (χ3n) is 5.77. The summed E-state index contributed by atoms with van der Waals surface area (Å²) in [7, 11) is 0. The van der Waals surface area contributed by atoms with Gasteiger partial charge in [0.05, 0.1) is 21.7 Å². The second-order valence-corrected chi connectivity index (χ2v) is 10.0. The predicted octanol–water partition coefficient (Wildman–Crippen LogP) is 4.68. The van der Waals surface area contributed by atoms with Crippen molar-refractivity contribution in [3.05, 3.63) is 80.8 Å². The molecular formula is C26H27ClN4O4S. The van der Waals surface area contributed by atoms with Gasteiger partial charge >= 0.3 is 0 Å². The second kappa shape index (κ2) is 11.5. The van der Waals surface area contributed by atoms with Gasteiger partial charge in [-0.25, -0.2) is 4.98 Å². The number of carbonyl (C=O) groups is 3. The van der Waals surface area contributed by atoms with E-state index < -0.39 is 11.8 Å². The molecule has 0 unspecified atom stereocenters. The lowest BCUT2D eigenvalue weighted by Crippen LogP contribution is -2.42. The number of likely N-dealkylation sites (tertiary alicyclic amines) is 1. The average Bonchev–Trinajstić information content (AvgIpc) is 3.38. The van der Waals surface area contributed by atoms with Gasteiger partial charge in [-0.15, -0.1) is 11.3 Å². The third kappa shape index (κ3) is 6.22. The Kier molecular flexibility index (Phi) is 8.22. The number of hydrogen-bond acceptors (Lipinski definition) is 6. The van der Waals surface area contributed by atoms with Crippen molar-refractivity contribution in [2.75, 3.05) is 13.1 Å². The zero-order valence-electron chi connectivity index (χ0n) is 20.0. The fraction of sp³-hybridized carbons (Fsp3) is 0.308. The van der Waals surface area contributed by atoms with Crippen molar-refractivity contribution < 1.29 is 19.1 Å². The van der Waals surface area contributed by atoms with E-state index in [1.54, 1.807) is 41.8 Å². The highest BCUT2D eigenvalue weighted by molar-refractivity contribution is 7.09. The van der Waals surface area contributed by atoms with Gasteiger partial charge in [-0.1, -0.05) is 23.7 Å². The van der Waals surface area contributed by atoms with E-state index in [1.165, 1.54) is 11.3 Å². The van der Waals surface area contributed by atoms with Gasteiger partial charge in [-0.05, 0) is 63.1 Å². The van der Waals surface area contributed by atoms with Crippen LogP contribution in [0.1, 0.15) is 68.8 Å². The Bertz CT molecular complexity index is 1240. The molecule has 36 heavy (non-hydrogen) atoms. The highest BCUT2D eigenvalue weighted by atomic mass is 35.5. The Labute approximate surface area is 218 Å². The minimum Gasteiger partial charge on any atom is -0.491 e. The van der Waals surface area contributed by atoms with E-state index in [2.05, 4.69) is 15.8 Å². The summed E-state index contributed by atoms with van der Waals surface area (Å²) in [5.41, 5.74) is 5.88. The van der Waals surface area contributed by atoms with Crippen LogP contribution in [0.25, 0.3) is 0 Å². The SMILES string of the molecule is CC(C)Oc1ccc(C(=O)N2CCC(c3nc(C(=O)NNC(=O)c4ccccc4Cl)cs3)CC2)cc1. The number of carbonyl (C=O) groups excluding carboxylic acids is 3. The van der Waals surface area contributed by atoms with Crippen LogP contribution in [0.15, 0.2) is 53.9 Å². The van der Waals surface area contributed by atoms with Crippen LogP contribution in [-0.4, -0.2) is 46.8 Å². The van der Waals surface area contributed by atoms with Crippen LogP contribution in [0, 0.1) is 0 Å². The maximum absolute atomic E-state index is 12.9. The first-order valence-corrected chi connectivity index (χ1v) is 12.9. The quantitative estimate of drug-likeness (QED) is 0.454. The molecule has 1 aliphatic rings. The predicted molar refractivity (Wildman–Crippen MR) is 139 cm³/mol. The summed E-state index contributed by atoms with van der Waals surface area (Å²) in [5, 5.41) is 2.81. The topological polar surface area (TPSA) is 101 Å². The van der Waals surface area contributed by atoms with E-state index in [4.69, 9.17) is 16.3 Å². The first-order valence-electron chi connectivity index (χ1n) is 11.7. The molecule has 0 atom stereocenters. The molecule has 3 amide bonds. The Morgan fingerprint density at radius 2 is 1.69 bits per heavy atom. The minimum atomic E-state index is -0.511. The molecule has 0 bridgehead atoms. The van der Waals surface area contributed by atoms with Crippen LogP contribution in [0.4, 0.5) is 0 Å². The molecule has 0 aliphatic carbocycles. The van der Waals surface area contributed by atoms with Gasteiger partial charge in [0.15, 0.2) is 0 Å². The molecule has 0 saturated carbocycles. The van der Waals surface area contributed by atoms with Crippen molar-refractivity contribution in [1.29, 1.82) is 0 Å². The van der Waals surface area contributed by atoms with E-state index >= 15 is 0 Å². The van der Waals surface area contributed by atoms with Crippen molar-refractivity contribution in [3.8, 4) is 5.75 Å². The standard InChI is InChI=1S/C26H27ClN4O4S/c1-16(2)35-19-9-7-18(8-10-19)26(34)31-13-11-17(12-14-31)25-28-22(15-36-25)24(33)30-29-23(32)20-5-3-4-6-21(20)27/h3-10,15-17H,11-14H2,1-2H3,(H,29,32)(H,30,33). The maximum atomic E-state index is 12.9. The molecule has 2 N–H and O–H groups in total. The number of halogens is 1. The Balaban J connectivity index is 1.28. The van der Waals surface area contributed by atoms with Gasteiger partial charge in [0, 0.05) is 30.0 Å². The highest BCUT2D eigenvalue weighted by Crippen LogP contribution is 2.31. The Morgan fingerprint density at radius 3 is 2.36 bits per heavy atom. The lowest BCUT2D eigenvalue weighted by Gasteiger charge is -2.31. The van der Waals surface area contributed by atoms with Crippen LogP contribution in [0.3, 0.4) is 0 Å². The molecule has 0 spiro atoms. The second-order valence-electron chi connectivity index (χ2n) is 8.72. The summed E-state index contributed by atoms with van der Waals surface area (Å²) in [6.45, 7) is 5.15. The van der Waals surface area contributed by atoms with Crippen molar-refractivity contribution in [3.63, 3.8) is 0 Å². The van der Waals surface area contributed by atoms with E-state index in [-0.39, 0.29) is 29.2 Å². The number of piperidine rings is 1. The monoisotopic (exact) mass is 526 g/mol. The summed E-state index contributed by atoms with van der Waals surface area (Å²) < 4.78 is 5.64. The van der Waals surface area contributed by atoms with Crippen molar-refractivity contribution >= 4 is 40.7 Å². The molecule has 10 heteroatoms. The summed E-state index contributed by atoms with van der Waals surface area (Å²) in [6, 6.07) is 13.8. The fourth-order valence-electron chi connectivity index (χ4n) is 3.93. The van der Waals surface area contributed by atoms with E-state index in [9.17, 15) is 14.4 Å². The smallest absolute Gasteiger partial charge is 0.289 e. The van der Waals surface area contributed by atoms with Gasteiger partial charge in [0.25, 0.3) is 17.7 Å². The first kappa shape index (κ1) is 25.7. The van der Waals surface area contributed by atoms with Crippen LogP contribution in [0.2, 0.25) is 5.02 Å². The first-order chi connectivity index (χ1) is 17.3. The lowest BCUT2D eigenvalue weighted by molar-refractivity contribution is 0.0712. The highest BCUT2D eigenvalue weighted by Gasteiger charge is 2.27. The van der Waals surface area contributed by atoms with Crippen molar-refractivity contribution in [2.24, 2.45) is 0 Å². The lowest BCUT2D eigenvalue weighted by atomic mass is 9.97. The number of amides is 3. The summed E-state index contributed by atoms with van der Waals surface area (Å²) >= 11 is 7.42. The molecular weight excluding hydrogens is 500 g/mol. The molecule has 188 valence electrons. The number of ether oxygens (including phenoxy) is 1. The number of hydrogen-bond donors (Lipinski definition) is 2. The molecule has 2 aromatic carbocycles. The molecule has 2 heterocycles. The van der Waals surface area contributed by atoms with Gasteiger partial charge in [-0.2, -0.15) is 0 Å². The minimum absolute atomic E-state index is 0.00184. The molecule has 3 aromatic rings. The van der Waals surface area contributed by atoms with Crippen molar-refractivity contribution in [2.45, 2.75) is 38.7 Å². The van der Waals surface area contributed by atoms with Crippen LogP contribution < -0.4 is 15.6 Å². The largest absolute Gasteiger partial charge is 0.491 e. The third-order valence-corrected chi connectivity index (χ3v) is 7.10. The average molecular weight is 527 g/mol. The molecule has 1 aliphatic heterocycles. The molecule has 1 fully saturated rings. The molecule has 1 aromatic heterocycles. The van der Waals surface area contributed by atoms with E-state index in [1.807, 2.05) is 30.9 Å². The normalized spacial score (nSPS) is 13.9. The van der Waals surface area contributed by atoms with E-state index in [0.717, 1.165) is 23.6 Å². The summed E-state index contributed by atoms with van der Waals surface area (Å²) in [5.74, 6) is -0.107. The van der Waals surface area contributed by atoms with E-state index in [0.29, 0.717) is 23.7 Å². The van der Waals surface area contributed by atoms with Gasteiger partial charge in [0.1, 0.15) is 11.4 Å². The molecule has 1 saturated heterocycles. The Morgan fingerprint density at radius 1 is 1.03 bits per heavy atom. The summed E-state index contributed by atoms with van der Waals surface area (Å²) in [6.07, 6.45) is 1.60. The zero-order chi connectivity index (χ0) is 25.7. The zero-order valence-corrected chi connectivity index (χ0v) is 21.6. The molecule has 0 radical (unpaired) electrons. The number of aromatic nitrogens is 1. The molecule has 4 rings (SSSR count). The number of hydrazine groups is 1. The Hall–Kier alpha value is -3.43. The van der Waals surface area contributed by atoms with Crippen LogP contribution >= 0.6 is 22.9 Å². The number of nitrogens with one attached hydrogen (secondary N) is 2. The van der Waals surface area contributed by atoms with Gasteiger partial charge in [-0.3, -0.25) is 25.2 Å². The number of nitrogens with zero attached hydrogens (tertiary/aromatic N) is 2. The molecule has 8 nitrogen and oxygen atoms in total. The van der Waals surface area contributed by atoms with Crippen LogP contribution in [-0.2, 0) is 0 Å². The van der Waals surface area contributed by atoms with Gasteiger partial charge < -0.3 is 9.64 Å². The fourth-order valence-corrected chi connectivity index (χ4v) is 5.12.